The van der Waals surface area contributed by atoms with E-state index in [1.807, 2.05) is 54.2 Å². The Balaban J connectivity index is 1.24. The number of thiophene rings is 1. The monoisotopic (exact) mass is 477 g/mol. The number of hydrogen-bond donors (Lipinski definition) is 3. The van der Waals surface area contributed by atoms with Crippen molar-refractivity contribution in [1.29, 1.82) is 0 Å². The molecule has 176 valence electrons. The zero-order valence-electron chi connectivity index (χ0n) is 19.2. The van der Waals surface area contributed by atoms with E-state index in [1.54, 1.807) is 6.07 Å². The van der Waals surface area contributed by atoms with Gasteiger partial charge < -0.3 is 25.0 Å². The molecule has 0 unspecified atom stereocenters. The number of carbonyl (C=O) groups is 2. The van der Waals surface area contributed by atoms with Crippen LogP contribution in [0.15, 0.2) is 48.7 Å². The van der Waals surface area contributed by atoms with Crippen molar-refractivity contribution in [3.63, 3.8) is 0 Å². The molecule has 10 heteroatoms. The topological polar surface area (TPSA) is 98.3 Å². The van der Waals surface area contributed by atoms with Crippen LogP contribution in [0.2, 0.25) is 0 Å². The first kappa shape index (κ1) is 22.2. The summed E-state index contributed by atoms with van der Waals surface area (Å²) >= 11 is 1.30. The van der Waals surface area contributed by atoms with Crippen LogP contribution in [0.4, 0.5) is 11.5 Å². The van der Waals surface area contributed by atoms with Gasteiger partial charge in [-0.25, -0.2) is 0 Å². The molecule has 1 aliphatic rings. The number of nitrogens with one attached hydrogen (secondary N) is 3. The normalized spacial score (nSPS) is 14.5. The van der Waals surface area contributed by atoms with E-state index in [0.29, 0.717) is 22.8 Å². The van der Waals surface area contributed by atoms with Crippen molar-refractivity contribution < 1.29 is 9.59 Å². The van der Waals surface area contributed by atoms with Gasteiger partial charge in [0, 0.05) is 56.4 Å². The van der Waals surface area contributed by atoms with Crippen molar-refractivity contribution in [2.45, 2.75) is 6.54 Å². The standard InChI is InChI=1S/C24H27N7O2S/c1-29-10-12-31(13-11-29)17-7-5-16(6-8-17)23(32)26-22-21-19(27-28-22)14-20(34-21)24(33)25-15-18-4-3-9-30(18)2/h3-9,14H,10-13,15H2,1-2H3,(H,25,33)(H2,26,27,28,32). The minimum atomic E-state index is -0.235. The van der Waals surface area contributed by atoms with Crippen LogP contribution in [0, 0.1) is 0 Å². The SMILES string of the molecule is CN1CCN(c2ccc(C(=O)Nc3n[nH]c4cc(C(=O)NCc5cccn5C)sc34)cc2)CC1. The van der Waals surface area contributed by atoms with E-state index in [4.69, 9.17) is 0 Å². The van der Waals surface area contributed by atoms with Gasteiger partial charge in [0.2, 0.25) is 0 Å². The van der Waals surface area contributed by atoms with Gasteiger partial charge in [0.1, 0.15) is 0 Å². The van der Waals surface area contributed by atoms with Gasteiger partial charge in [-0.3, -0.25) is 14.7 Å². The summed E-state index contributed by atoms with van der Waals surface area (Å²) in [6.07, 6.45) is 1.94. The average Bonchev–Trinajstić information content (AvgIpc) is 3.55. The highest BCUT2D eigenvalue weighted by molar-refractivity contribution is 7.21. The van der Waals surface area contributed by atoms with Crippen molar-refractivity contribution in [3.05, 3.63) is 64.8 Å². The number of nitrogens with zero attached hydrogens (tertiary/aromatic N) is 4. The van der Waals surface area contributed by atoms with E-state index in [0.717, 1.165) is 47.8 Å². The molecule has 0 bridgehead atoms. The lowest BCUT2D eigenvalue weighted by molar-refractivity contribution is 0.0953. The fourth-order valence-electron chi connectivity index (χ4n) is 4.02. The number of fused-ring (bicyclic) bond motifs is 1. The van der Waals surface area contributed by atoms with Crippen molar-refractivity contribution in [2.24, 2.45) is 7.05 Å². The number of rotatable bonds is 6. The average molecular weight is 478 g/mol. The molecule has 4 heterocycles. The Bertz CT molecular complexity index is 1310. The smallest absolute Gasteiger partial charge is 0.261 e. The molecular formula is C24H27N7O2S. The molecule has 1 saturated heterocycles. The Labute approximate surface area is 201 Å². The number of aryl methyl sites for hydroxylation is 1. The first-order chi connectivity index (χ1) is 16.5. The molecule has 1 fully saturated rings. The van der Waals surface area contributed by atoms with Crippen molar-refractivity contribution in [2.75, 3.05) is 43.4 Å². The molecule has 34 heavy (non-hydrogen) atoms. The summed E-state index contributed by atoms with van der Waals surface area (Å²) in [4.78, 5) is 30.6. The molecule has 0 aliphatic carbocycles. The van der Waals surface area contributed by atoms with Gasteiger partial charge in [0.25, 0.3) is 11.8 Å². The van der Waals surface area contributed by atoms with Crippen molar-refractivity contribution in [1.82, 2.24) is 25.0 Å². The van der Waals surface area contributed by atoms with E-state index >= 15 is 0 Å². The van der Waals surface area contributed by atoms with E-state index in [1.165, 1.54) is 11.3 Å². The Morgan fingerprint density at radius 2 is 1.82 bits per heavy atom. The maximum atomic E-state index is 12.8. The summed E-state index contributed by atoms with van der Waals surface area (Å²) in [5.74, 6) is 0.0311. The van der Waals surface area contributed by atoms with Crippen LogP contribution in [0.3, 0.4) is 0 Å². The quantitative estimate of drug-likeness (QED) is 0.397. The maximum absolute atomic E-state index is 12.8. The molecule has 3 N–H and O–H groups in total. The molecule has 0 spiro atoms. The van der Waals surface area contributed by atoms with E-state index in [2.05, 4.69) is 37.7 Å². The van der Waals surface area contributed by atoms with Crippen LogP contribution in [-0.2, 0) is 13.6 Å². The second kappa shape index (κ2) is 9.32. The molecule has 0 radical (unpaired) electrons. The Kier molecular flexibility index (Phi) is 6.08. The van der Waals surface area contributed by atoms with Crippen LogP contribution in [0.5, 0.6) is 0 Å². The third-order valence-corrected chi connectivity index (χ3v) is 7.31. The second-order valence-electron chi connectivity index (χ2n) is 8.51. The molecular weight excluding hydrogens is 450 g/mol. The number of likely N-dealkylation sites (N-methyl/N-ethyl adjacent to an activating group) is 1. The predicted molar refractivity (Wildman–Crippen MR) is 135 cm³/mol. The Morgan fingerprint density at radius 1 is 1.06 bits per heavy atom. The van der Waals surface area contributed by atoms with Crippen LogP contribution >= 0.6 is 11.3 Å². The van der Waals surface area contributed by atoms with Crippen molar-refractivity contribution in [3.8, 4) is 0 Å². The zero-order valence-corrected chi connectivity index (χ0v) is 20.0. The first-order valence-corrected chi connectivity index (χ1v) is 12.0. The third-order valence-electron chi connectivity index (χ3n) is 6.17. The third kappa shape index (κ3) is 4.55. The number of anilines is 2. The number of aromatic amines is 1. The molecule has 2 amide bonds. The highest BCUT2D eigenvalue weighted by Crippen LogP contribution is 2.30. The number of aromatic nitrogens is 3. The molecule has 3 aromatic heterocycles. The summed E-state index contributed by atoms with van der Waals surface area (Å²) in [7, 11) is 4.07. The van der Waals surface area contributed by atoms with Gasteiger partial charge in [-0.05, 0) is 49.5 Å². The molecule has 9 nitrogen and oxygen atoms in total. The molecule has 0 saturated carbocycles. The Morgan fingerprint density at radius 3 is 2.53 bits per heavy atom. The molecule has 1 aromatic carbocycles. The summed E-state index contributed by atoms with van der Waals surface area (Å²) < 4.78 is 2.71. The van der Waals surface area contributed by atoms with E-state index in [9.17, 15) is 9.59 Å². The fourth-order valence-corrected chi connectivity index (χ4v) is 4.99. The summed E-state index contributed by atoms with van der Waals surface area (Å²) in [5.41, 5.74) is 3.42. The van der Waals surface area contributed by atoms with Crippen LogP contribution < -0.4 is 15.5 Å². The zero-order chi connectivity index (χ0) is 23.7. The molecule has 1 aliphatic heterocycles. The van der Waals surface area contributed by atoms with E-state index < -0.39 is 0 Å². The number of H-pyrrole nitrogens is 1. The number of benzene rings is 1. The van der Waals surface area contributed by atoms with Gasteiger partial charge >= 0.3 is 0 Å². The molecule has 5 rings (SSSR count). The number of hydrogen-bond acceptors (Lipinski definition) is 6. The summed E-state index contributed by atoms with van der Waals surface area (Å²) in [6.45, 7) is 4.47. The Hall–Kier alpha value is -3.63. The van der Waals surface area contributed by atoms with Crippen molar-refractivity contribution >= 4 is 44.9 Å². The van der Waals surface area contributed by atoms with Gasteiger partial charge in [0.05, 0.1) is 21.6 Å². The summed E-state index contributed by atoms with van der Waals surface area (Å²) in [6, 6.07) is 13.3. The predicted octanol–water partition coefficient (Wildman–Crippen LogP) is 2.90. The number of carbonyl (C=O) groups excluding carboxylic acids is 2. The maximum Gasteiger partial charge on any atom is 0.261 e. The lowest BCUT2D eigenvalue weighted by Crippen LogP contribution is -2.44. The van der Waals surface area contributed by atoms with Gasteiger partial charge in [-0.2, -0.15) is 5.10 Å². The minimum absolute atomic E-state index is 0.160. The van der Waals surface area contributed by atoms with Crippen LogP contribution in [0.1, 0.15) is 25.7 Å². The lowest BCUT2D eigenvalue weighted by Gasteiger charge is -2.34. The van der Waals surface area contributed by atoms with Crippen LogP contribution in [-0.4, -0.2) is 64.7 Å². The summed E-state index contributed by atoms with van der Waals surface area (Å²) in [5, 5.41) is 12.9. The number of piperazine rings is 1. The van der Waals surface area contributed by atoms with Gasteiger partial charge in [-0.1, -0.05) is 0 Å². The largest absolute Gasteiger partial charge is 0.369 e. The lowest BCUT2D eigenvalue weighted by atomic mass is 10.1. The van der Waals surface area contributed by atoms with Crippen LogP contribution in [0.25, 0.3) is 10.2 Å². The highest BCUT2D eigenvalue weighted by Gasteiger charge is 2.18. The highest BCUT2D eigenvalue weighted by atomic mass is 32.1. The fraction of sp³-hybridized carbons (Fsp3) is 0.292. The minimum Gasteiger partial charge on any atom is -0.369 e. The molecule has 0 atom stereocenters. The second-order valence-corrected chi connectivity index (χ2v) is 9.56. The first-order valence-electron chi connectivity index (χ1n) is 11.2. The van der Waals surface area contributed by atoms with Gasteiger partial charge in [-0.15, -0.1) is 11.3 Å². The van der Waals surface area contributed by atoms with Gasteiger partial charge in [0.15, 0.2) is 5.82 Å². The number of amides is 2. The van der Waals surface area contributed by atoms with E-state index in [-0.39, 0.29) is 11.8 Å². The molecule has 4 aromatic rings.